The van der Waals surface area contributed by atoms with Crippen molar-refractivity contribution in [1.29, 1.82) is 0 Å². The van der Waals surface area contributed by atoms with Crippen LogP contribution in [0.1, 0.15) is 18.4 Å². The second kappa shape index (κ2) is 4.69. The molecule has 0 saturated carbocycles. The molecule has 1 atom stereocenters. The van der Waals surface area contributed by atoms with Gasteiger partial charge in [0.15, 0.2) is 0 Å². The molecular weight excluding hydrogens is 237 g/mol. The van der Waals surface area contributed by atoms with Gasteiger partial charge in [-0.25, -0.2) is 10.3 Å². The van der Waals surface area contributed by atoms with E-state index in [-0.39, 0.29) is 11.7 Å². The number of hydrogen-bond donors (Lipinski definition) is 1. The van der Waals surface area contributed by atoms with E-state index in [1.165, 1.54) is 12.1 Å². The Bertz CT molecular complexity index is 293. The van der Waals surface area contributed by atoms with Crippen LogP contribution in [-0.4, -0.2) is 6.61 Å². The van der Waals surface area contributed by atoms with Gasteiger partial charge in [-0.15, -0.1) is 0 Å². The third kappa shape index (κ3) is 2.76. The van der Waals surface area contributed by atoms with Crippen molar-refractivity contribution in [3.8, 4) is 0 Å². The van der Waals surface area contributed by atoms with Crippen LogP contribution in [0.25, 0.3) is 0 Å². The van der Waals surface area contributed by atoms with Gasteiger partial charge in [0.25, 0.3) is 0 Å². The average Bonchev–Trinajstić information content (AvgIpc) is 2.09. The summed E-state index contributed by atoms with van der Waals surface area (Å²) in [6.07, 6.45) is 0. The highest BCUT2D eigenvalue weighted by Crippen LogP contribution is 2.25. The molecule has 1 unspecified atom stereocenters. The summed E-state index contributed by atoms with van der Waals surface area (Å²) in [5.74, 6) is 4.78. The molecule has 2 nitrogen and oxygen atoms in total. The van der Waals surface area contributed by atoms with E-state index in [0.717, 1.165) is 10.0 Å². The molecule has 0 fully saturated rings. The Labute approximate surface area is 85.0 Å². The maximum atomic E-state index is 12.9. The van der Waals surface area contributed by atoms with Gasteiger partial charge in [-0.3, -0.25) is 0 Å². The van der Waals surface area contributed by atoms with Crippen LogP contribution in [-0.2, 0) is 4.84 Å². The molecule has 0 aliphatic carbocycles. The minimum Gasteiger partial charge on any atom is -0.304 e. The van der Waals surface area contributed by atoms with Crippen molar-refractivity contribution in [3.63, 3.8) is 0 Å². The zero-order valence-corrected chi connectivity index (χ0v) is 8.84. The summed E-state index contributed by atoms with van der Waals surface area (Å²) in [4.78, 5) is 4.51. The number of hydrogen-bond acceptors (Lipinski definition) is 2. The van der Waals surface area contributed by atoms with Crippen molar-refractivity contribution >= 4 is 15.9 Å². The lowest BCUT2D eigenvalue weighted by Crippen LogP contribution is -2.09. The summed E-state index contributed by atoms with van der Waals surface area (Å²) in [6, 6.07) is 4.56. The Hall–Kier alpha value is -0.450. The molecule has 0 radical (unpaired) electrons. The highest BCUT2D eigenvalue weighted by atomic mass is 79.9. The summed E-state index contributed by atoms with van der Waals surface area (Å²) < 4.78 is 13.7. The topological polar surface area (TPSA) is 35.2 Å². The second-order valence-electron chi connectivity index (χ2n) is 2.90. The van der Waals surface area contributed by atoms with Crippen molar-refractivity contribution in [2.24, 2.45) is 5.90 Å². The first-order valence-electron chi connectivity index (χ1n) is 3.91. The lowest BCUT2D eigenvalue weighted by Gasteiger charge is -2.11. The Morgan fingerprint density at radius 2 is 2.31 bits per heavy atom. The van der Waals surface area contributed by atoms with E-state index < -0.39 is 0 Å². The van der Waals surface area contributed by atoms with Gasteiger partial charge >= 0.3 is 0 Å². The number of benzene rings is 1. The summed E-state index contributed by atoms with van der Waals surface area (Å²) in [5.41, 5.74) is 0.866. The van der Waals surface area contributed by atoms with Crippen LogP contribution in [0.4, 0.5) is 4.39 Å². The molecule has 1 rings (SSSR count). The first-order valence-corrected chi connectivity index (χ1v) is 4.71. The van der Waals surface area contributed by atoms with Gasteiger partial charge < -0.3 is 4.84 Å². The van der Waals surface area contributed by atoms with Crippen molar-refractivity contribution in [3.05, 3.63) is 34.1 Å². The lowest BCUT2D eigenvalue weighted by molar-refractivity contribution is 0.126. The summed E-state index contributed by atoms with van der Waals surface area (Å²) in [7, 11) is 0. The van der Waals surface area contributed by atoms with Crippen molar-refractivity contribution in [2.45, 2.75) is 12.8 Å². The first-order chi connectivity index (χ1) is 6.15. The van der Waals surface area contributed by atoms with E-state index in [0.29, 0.717) is 6.61 Å². The lowest BCUT2D eigenvalue weighted by atomic mass is 10.0. The van der Waals surface area contributed by atoms with Crippen LogP contribution < -0.4 is 5.90 Å². The van der Waals surface area contributed by atoms with E-state index >= 15 is 0 Å². The molecule has 4 heteroatoms. The van der Waals surface area contributed by atoms with Crippen LogP contribution >= 0.6 is 15.9 Å². The second-order valence-corrected chi connectivity index (χ2v) is 3.75. The van der Waals surface area contributed by atoms with E-state index in [1.54, 1.807) is 6.07 Å². The molecule has 1 aromatic carbocycles. The van der Waals surface area contributed by atoms with Crippen LogP contribution in [0, 0.1) is 5.82 Å². The standard InChI is InChI=1S/C9H11BrFNO/c1-6(5-13-12)8-4-7(11)2-3-9(8)10/h2-4,6H,5,12H2,1H3. The van der Waals surface area contributed by atoms with E-state index in [9.17, 15) is 4.39 Å². The minimum absolute atomic E-state index is 0.0788. The molecule has 0 aliphatic rings. The highest BCUT2D eigenvalue weighted by Gasteiger charge is 2.10. The molecule has 72 valence electrons. The van der Waals surface area contributed by atoms with Crippen LogP contribution in [0.3, 0.4) is 0 Å². The monoisotopic (exact) mass is 247 g/mol. The number of nitrogens with two attached hydrogens (primary N) is 1. The number of rotatable bonds is 3. The van der Waals surface area contributed by atoms with Gasteiger partial charge in [0.1, 0.15) is 5.82 Å². The Morgan fingerprint density at radius 3 is 2.92 bits per heavy atom. The molecule has 0 aromatic heterocycles. The third-order valence-corrected chi connectivity index (χ3v) is 2.56. The van der Waals surface area contributed by atoms with Gasteiger partial charge in [-0.2, -0.15) is 0 Å². The van der Waals surface area contributed by atoms with Crippen LogP contribution in [0.15, 0.2) is 22.7 Å². The molecule has 1 aromatic rings. The van der Waals surface area contributed by atoms with E-state index in [1.807, 2.05) is 6.92 Å². The zero-order chi connectivity index (χ0) is 9.84. The number of halogens is 2. The Kier molecular flexibility index (Phi) is 3.84. The fourth-order valence-electron chi connectivity index (χ4n) is 1.13. The molecule has 13 heavy (non-hydrogen) atoms. The maximum Gasteiger partial charge on any atom is 0.123 e. The molecule has 0 bridgehead atoms. The first kappa shape index (κ1) is 10.6. The van der Waals surface area contributed by atoms with Crippen molar-refractivity contribution in [1.82, 2.24) is 0 Å². The van der Waals surface area contributed by atoms with Crippen molar-refractivity contribution < 1.29 is 9.23 Å². The molecule has 0 aliphatic heterocycles. The Balaban J connectivity index is 2.91. The molecule has 0 saturated heterocycles. The zero-order valence-electron chi connectivity index (χ0n) is 7.26. The molecule has 0 amide bonds. The summed E-state index contributed by atoms with van der Waals surface area (Å²) in [5, 5.41) is 0. The smallest absolute Gasteiger partial charge is 0.123 e. The largest absolute Gasteiger partial charge is 0.304 e. The van der Waals surface area contributed by atoms with Gasteiger partial charge in [-0.05, 0) is 23.8 Å². The van der Waals surface area contributed by atoms with Gasteiger partial charge in [0.2, 0.25) is 0 Å². The highest BCUT2D eigenvalue weighted by molar-refractivity contribution is 9.10. The predicted molar refractivity (Wildman–Crippen MR) is 52.7 cm³/mol. The van der Waals surface area contributed by atoms with Crippen LogP contribution in [0.5, 0.6) is 0 Å². The minimum atomic E-state index is -0.248. The molecular formula is C9H11BrFNO. The molecule has 0 heterocycles. The molecule has 0 spiro atoms. The SMILES string of the molecule is CC(CON)c1cc(F)ccc1Br. The van der Waals surface area contributed by atoms with Gasteiger partial charge in [0.05, 0.1) is 6.61 Å². The fraction of sp³-hybridized carbons (Fsp3) is 0.333. The van der Waals surface area contributed by atoms with E-state index in [2.05, 4.69) is 20.8 Å². The maximum absolute atomic E-state index is 12.9. The third-order valence-electron chi connectivity index (χ3n) is 1.84. The van der Waals surface area contributed by atoms with Gasteiger partial charge in [0, 0.05) is 10.4 Å². The summed E-state index contributed by atoms with van der Waals surface area (Å²) >= 11 is 3.34. The quantitative estimate of drug-likeness (QED) is 0.834. The Morgan fingerprint density at radius 1 is 1.62 bits per heavy atom. The average molecular weight is 248 g/mol. The summed E-state index contributed by atoms with van der Waals surface area (Å²) in [6.45, 7) is 2.30. The van der Waals surface area contributed by atoms with E-state index in [4.69, 9.17) is 5.90 Å². The van der Waals surface area contributed by atoms with Crippen LogP contribution in [0.2, 0.25) is 0 Å². The normalized spacial score (nSPS) is 12.9. The van der Waals surface area contributed by atoms with Gasteiger partial charge in [-0.1, -0.05) is 22.9 Å². The molecule has 2 N–H and O–H groups in total. The fourth-order valence-corrected chi connectivity index (χ4v) is 1.76. The predicted octanol–water partition coefficient (Wildman–Crippen LogP) is 2.58. The van der Waals surface area contributed by atoms with Crippen molar-refractivity contribution in [2.75, 3.05) is 6.61 Å².